The number of sulfonamides is 1. The van der Waals surface area contributed by atoms with Crippen LogP contribution in [0.5, 0.6) is 0 Å². The van der Waals surface area contributed by atoms with Gasteiger partial charge in [-0.05, 0) is 45.6 Å². The Morgan fingerprint density at radius 1 is 1.43 bits per heavy atom. The van der Waals surface area contributed by atoms with Crippen molar-refractivity contribution in [3.8, 4) is 0 Å². The first-order valence-electron chi connectivity index (χ1n) is 6.74. The lowest BCUT2D eigenvalue weighted by atomic mass is 10.0. The lowest BCUT2D eigenvalue weighted by Crippen LogP contribution is -2.46. The smallest absolute Gasteiger partial charge is 0.238 e. The molecular weight excluding hydrogens is 290 g/mol. The van der Waals surface area contributed by atoms with Crippen molar-refractivity contribution in [3.05, 3.63) is 29.8 Å². The van der Waals surface area contributed by atoms with E-state index < -0.39 is 15.6 Å². The highest BCUT2D eigenvalue weighted by Gasteiger charge is 2.22. The van der Waals surface area contributed by atoms with Gasteiger partial charge in [-0.2, -0.15) is 0 Å². The number of likely N-dealkylation sites (N-methyl/N-ethyl adjacent to an activating group) is 1. The van der Waals surface area contributed by atoms with Crippen molar-refractivity contribution >= 4 is 10.0 Å². The van der Waals surface area contributed by atoms with Gasteiger partial charge in [0.1, 0.15) is 0 Å². The fourth-order valence-corrected chi connectivity index (χ4v) is 2.76. The van der Waals surface area contributed by atoms with Gasteiger partial charge in [0.2, 0.25) is 10.0 Å². The minimum absolute atomic E-state index is 0.0914. The Hall–Kier alpha value is -0.990. The van der Waals surface area contributed by atoms with Crippen LogP contribution in [0.3, 0.4) is 0 Å². The van der Waals surface area contributed by atoms with Crippen LogP contribution in [0.25, 0.3) is 0 Å². The van der Waals surface area contributed by atoms with Gasteiger partial charge in [0.15, 0.2) is 0 Å². The average Bonchev–Trinajstić information content (AvgIpc) is 2.33. The molecular formula is C14H25N3O3S. The maximum Gasteiger partial charge on any atom is 0.238 e. The number of nitrogens with two attached hydrogens (primary N) is 1. The van der Waals surface area contributed by atoms with Crippen molar-refractivity contribution in [1.29, 1.82) is 0 Å². The predicted octanol–water partition coefficient (Wildman–Crippen LogP) is 0.297. The van der Waals surface area contributed by atoms with Crippen LogP contribution in [0.1, 0.15) is 25.5 Å². The summed E-state index contributed by atoms with van der Waals surface area (Å²) in [5, 5.41) is 18.6. The summed E-state index contributed by atoms with van der Waals surface area (Å²) in [7, 11) is 0.0907. The molecule has 120 valence electrons. The molecule has 21 heavy (non-hydrogen) atoms. The zero-order chi connectivity index (χ0) is 16.3. The van der Waals surface area contributed by atoms with E-state index in [2.05, 4.69) is 5.32 Å². The molecule has 0 aliphatic heterocycles. The van der Waals surface area contributed by atoms with Gasteiger partial charge in [-0.1, -0.05) is 12.1 Å². The Morgan fingerprint density at radius 3 is 2.57 bits per heavy atom. The summed E-state index contributed by atoms with van der Waals surface area (Å²) in [5.41, 5.74) is -0.0582. The molecule has 6 nitrogen and oxygen atoms in total. The number of benzene rings is 1. The Kier molecular flexibility index (Phi) is 5.89. The molecule has 1 rings (SSSR count). The first-order valence-corrected chi connectivity index (χ1v) is 8.29. The molecule has 0 heterocycles. The molecule has 1 aromatic carbocycles. The summed E-state index contributed by atoms with van der Waals surface area (Å²) in [6.07, 6.45) is 0. The van der Waals surface area contributed by atoms with E-state index in [-0.39, 0.29) is 10.9 Å². The van der Waals surface area contributed by atoms with Gasteiger partial charge in [-0.25, -0.2) is 13.6 Å². The first-order chi connectivity index (χ1) is 9.51. The van der Waals surface area contributed by atoms with E-state index >= 15 is 0 Å². The fourth-order valence-electron chi connectivity index (χ4n) is 2.19. The SMILES string of the molecule is CC(NCC(C)(O)CN(C)C)c1cccc(S(N)(=O)=O)c1. The number of rotatable bonds is 7. The summed E-state index contributed by atoms with van der Waals surface area (Å²) < 4.78 is 22.7. The average molecular weight is 315 g/mol. The van der Waals surface area contributed by atoms with Crippen molar-refractivity contribution in [2.24, 2.45) is 5.14 Å². The van der Waals surface area contributed by atoms with E-state index in [1.165, 1.54) is 6.07 Å². The van der Waals surface area contributed by atoms with Crippen molar-refractivity contribution < 1.29 is 13.5 Å². The standard InChI is InChI=1S/C14H25N3O3S/c1-11(16-9-14(2,18)10-17(3)4)12-6-5-7-13(8-12)21(15,19)20/h5-8,11,16,18H,9-10H2,1-4H3,(H2,15,19,20). The van der Waals surface area contributed by atoms with Crippen LogP contribution < -0.4 is 10.5 Å². The molecule has 0 spiro atoms. The van der Waals surface area contributed by atoms with Gasteiger partial charge in [0, 0.05) is 19.1 Å². The summed E-state index contributed by atoms with van der Waals surface area (Å²) >= 11 is 0. The van der Waals surface area contributed by atoms with Crippen molar-refractivity contribution in [3.63, 3.8) is 0 Å². The summed E-state index contributed by atoms with van der Waals surface area (Å²) in [4.78, 5) is 2.00. The molecule has 0 bridgehead atoms. The number of hydrogen-bond acceptors (Lipinski definition) is 5. The van der Waals surface area contributed by atoms with Gasteiger partial charge in [0.05, 0.1) is 10.5 Å². The molecule has 0 aliphatic carbocycles. The maximum absolute atomic E-state index is 11.4. The Labute approximate surface area is 127 Å². The van der Waals surface area contributed by atoms with E-state index in [1.807, 2.05) is 32.0 Å². The minimum atomic E-state index is -3.70. The molecule has 0 aliphatic rings. The van der Waals surface area contributed by atoms with Gasteiger partial charge >= 0.3 is 0 Å². The Morgan fingerprint density at radius 2 is 2.05 bits per heavy atom. The summed E-state index contributed by atoms with van der Waals surface area (Å²) in [5.74, 6) is 0. The third-order valence-electron chi connectivity index (χ3n) is 3.13. The molecule has 0 aromatic heterocycles. The third-order valence-corrected chi connectivity index (χ3v) is 4.04. The lowest BCUT2D eigenvalue weighted by molar-refractivity contribution is 0.0317. The fraction of sp³-hybridized carbons (Fsp3) is 0.571. The molecule has 4 N–H and O–H groups in total. The van der Waals surface area contributed by atoms with Gasteiger partial charge in [0.25, 0.3) is 0 Å². The van der Waals surface area contributed by atoms with Gasteiger partial charge < -0.3 is 15.3 Å². The summed E-state index contributed by atoms with van der Waals surface area (Å²) in [6, 6.07) is 6.40. The molecule has 2 unspecified atom stereocenters. The quantitative estimate of drug-likeness (QED) is 0.672. The van der Waals surface area contributed by atoms with Crippen LogP contribution in [0.4, 0.5) is 0 Å². The zero-order valence-electron chi connectivity index (χ0n) is 13.0. The molecule has 1 aromatic rings. The second-order valence-electron chi connectivity index (χ2n) is 5.95. The van der Waals surface area contributed by atoms with Crippen LogP contribution in [0.15, 0.2) is 29.2 Å². The second-order valence-corrected chi connectivity index (χ2v) is 7.52. The van der Waals surface area contributed by atoms with E-state index in [1.54, 1.807) is 19.1 Å². The monoisotopic (exact) mass is 315 g/mol. The highest BCUT2D eigenvalue weighted by Crippen LogP contribution is 2.17. The minimum Gasteiger partial charge on any atom is -0.388 e. The highest BCUT2D eigenvalue weighted by atomic mass is 32.2. The van der Waals surface area contributed by atoms with Crippen LogP contribution in [0.2, 0.25) is 0 Å². The molecule has 0 amide bonds. The topological polar surface area (TPSA) is 95.7 Å². The number of nitrogens with zero attached hydrogens (tertiary/aromatic N) is 1. The van der Waals surface area contributed by atoms with Gasteiger partial charge in [-0.3, -0.25) is 0 Å². The largest absolute Gasteiger partial charge is 0.388 e. The molecule has 0 fully saturated rings. The molecule has 2 atom stereocenters. The van der Waals surface area contributed by atoms with Crippen molar-refractivity contribution in [2.45, 2.75) is 30.4 Å². The van der Waals surface area contributed by atoms with E-state index in [0.29, 0.717) is 13.1 Å². The third kappa shape index (κ3) is 6.11. The van der Waals surface area contributed by atoms with Crippen LogP contribution in [0, 0.1) is 0 Å². The normalized spacial score (nSPS) is 16.7. The maximum atomic E-state index is 11.4. The number of primary sulfonamides is 1. The predicted molar refractivity (Wildman–Crippen MR) is 83.4 cm³/mol. The molecule has 0 saturated carbocycles. The van der Waals surface area contributed by atoms with Crippen molar-refractivity contribution in [1.82, 2.24) is 10.2 Å². The highest BCUT2D eigenvalue weighted by molar-refractivity contribution is 7.89. The van der Waals surface area contributed by atoms with E-state index in [9.17, 15) is 13.5 Å². The second kappa shape index (κ2) is 6.85. The van der Waals surface area contributed by atoms with Crippen LogP contribution >= 0.6 is 0 Å². The van der Waals surface area contributed by atoms with Crippen molar-refractivity contribution in [2.75, 3.05) is 27.2 Å². The molecule has 7 heteroatoms. The number of nitrogens with one attached hydrogen (secondary N) is 1. The first kappa shape index (κ1) is 18.1. The van der Waals surface area contributed by atoms with E-state index in [0.717, 1.165) is 5.56 Å². The van der Waals surface area contributed by atoms with Crippen LogP contribution in [-0.4, -0.2) is 51.2 Å². The zero-order valence-corrected chi connectivity index (χ0v) is 13.8. The number of aliphatic hydroxyl groups is 1. The van der Waals surface area contributed by atoms with Crippen LogP contribution in [-0.2, 0) is 10.0 Å². The molecule has 0 radical (unpaired) electrons. The number of hydrogen-bond donors (Lipinski definition) is 3. The van der Waals surface area contributed by atoms with Gasteiger partial charge in [-0.15, -0.1) is 0 Å². The Bertz CT molecular complexity index is 571. The lowest BCUT2D eigenvalue weighted by Gasteiger charge is -2.29. The Balaban J connectivity index is 2.75. The summed E-state index contributed by atoms with van der Waals surface area (Å²) in [6.45, 7) is 4.59. The van der Waals surface area contributed by atoms with E-state index in [4.69, 9.17) is 5.14 Å². The molecule has 0 saturated heterocycles.